The first-order valence-corrected chi connectivity index (χ1v) is 7.82. The summed E-state index contributed by atoms with van der Waals surface area (Å²) in [6.07, 6.45) is 6.27. The predicted octanol–water partition coefficient (Wildman–Crippen LogP) is 3.22. The Morgan fingerprint density at radius 2 is 1.58 bits per heavy atom. The van der Waals surface area contributed by atoms with Crippen LogP contribution in [0.1, 0.15) is 17.5 Å². The van der Waals surface area contributed by atoms with Crippen LogP contribution in [0.5, 0.6) is 11.5 Å². The maximum atomic E-state index is 10.2. The molecule has 0 spiro atoms. The third-order valence-corrected chi connectivity index (χ3v) is 3.72. The lowest BCUT2D eigenvalue weighted by Crippen LogP contribution is -2.06. The SMILES string of the molecule is Oc1ccccc1C(=NCCCn1ccnc1)c1ccccc1O. The van der Waals surface area contributed by atoms with Gasteiger partial charge in [0.05, 0.1) is 12.0 Å². The minimum Gasteiger partial charge on any atom is -0.507 e. The van der Waals surface area contributed by atoms with Crippen molar-refractivity contribution >= 4 is 5.71 Å². The van der Waals surface area contributed by atoms with Gasteiger partial charge in [-0.05, 0) is 30.7 Å². The average molecular weight is 321 g/mol. The number of aromatic hydroxyl groups is 2. The number of aromatic nitrogens is 2. The molecular weight excluding hydrogens is 302 g/mol. The summed E-state index contributed by atoms with van der Waals surface area (Å²) in [6, 6.07) is 14.1. The maximum Gasteiger partial charge on any atom is 0.124 e. The lowest BCUT2D eigenvalue weighted by atomic mass is 10.0. The number of aryl methyl sites for hydroxylation is 1. The van der Waals surface area contributed by atoms with E-state index in [-0.39, 0.29) is 11.5 Å². The van der Waals surface area contributed by atoms with Crippen LogP contribution >= 0.6 is 0 Å². The Morgan fingerprint density at radius 1 is 0.958 bits per heavy atom. The van der Waals surface area contributed by atoms with E-state index >= 15 is 0 Å². The van der Waals surface area contributed by atoms with Crippen molar-refractivity contribution in [1.29, 1.82) is 0 Å². The number of aliphatic imine (C=N–C) groups is 1. The molecule has 5 heteroatoms. The first-order chi connectivity index (χ1) is 11.8. The highest BCUT2D eigenvalue weighted by Gasteiger charge is 2.14. The van der Waals surface area contributed by atoms with E-state index in [1.165, 1.54) is 0 Å². The van der Waals surface area contributed by atoms with Crippen molar-refractivity contribution in [2.24, 2.45) is 4.99 Å². The Balaban J connectivity index is 1.86. The second-order valence-corrected chi connectivity index (χ2v) is 5.42. The van der Waals surface area contributed by atoms with Crippen LogP contribution in [0.25, 0.3) is 0 Å². The Labute approximate surface area is 140 Å². The van der Waals surface area contributed by atoms with Gasteiger partial charge in [-0.1, -0.05) is 24.3 Å². The molecule has 0 atom stereocenters. The van der Waals surface area contributed by atoms with Gasteiger partial charge >= 0.3 is 0 Å². The van der Waals surface area contributed by atoms with Gasteiger partial charge in [0.1, 0.15) is 11.5 Å². The largest absolute Gasteiger partial charge is 0.507 e. The summed E-state index contributed by atoms with van der Waals surface area (Å²) in [5.41, 5.74) is 1.82. The molecule has 24 heavy (non-hydrogen) atoms. The molecule has 0 aliphatic rings. The van der Waals surface area contributed by atoms with E-state index < -0.39 is 0 Å². The summed E-state index contributed by atoms with van der Waals surface area (Å²) in [5, 5.41) is 20.3. The molecule has 0 aliphatic carbocycles. The Hall–Kier alpha value is -3.08. The minimum atomic E-state index is 0.147. The Bertz CT molecular complexity index is 779. The van der Waals surface area contributed by atoms with Crippen LogP contribution in [0.4, 0.5) is 0 Å². The van der Waals surface area contributed by atoms with Gasteiger partial charge < -0.3 is 14.8 Å². The lowest BCUT2D eigenvalue weighted by Gasteiger charge is -2.11. The van der Waals surface area contributed by atoms with Crippen LogP contribution in [0.2, 0.25) is 0 Å². The number of hydrogen-bond acceptors (Lipinski definition) is 4. The van der Waals surface area contributed by atoms with Gasteiger partial charge in [-0.15, -0.1) is 0 Å². The minimum absolute atomic E-state index is 0.147. The number of rotatable bonds is 6. The number of phenols is 2. The number of benzene rings is 2. The fourth-order valence-corrected chi connectivity index (χ4v) is 2.53. The summed E-state index contributed by atoms with van der Waals surface area (Å²) >= 11 is 0. The number of nitrogens with zero attached hydrogens (tertiary/aromatic N) is 3. The van der Waals surface area contributed by atoms with Gasteiger partial charge in [0, 0.05) is 36.6 Å². The second kappa shape index (κ2) is 7.46. The second-order valence-electron chi connectivity index (χ2n) is 5.42. The smallest absolute Gasteiger partial charge is 0.124 e. The van der Waals surface area contributed by atoms with Gasteiger partial charge in [0.25, 0.3) is 0 Å². The van der Waals surface area contributed by atoms with E-state index in [0.29, 0.717) is 23.4 Å². The van der Waals surface area contributed by atoms with E-state index in [0.717, 1.165) is 13.0 Å². The van der Waals surface area contributed by atoms with E-state index in [4.69, 9.17) is 0 Å². The van der Waals surface area contributed by atoms with Crippen molar-refractivity contribution < 1.29 is 10.2 Å². The molecule has 0 unspecified atom stereocenters. The standard InChI is InChI=1S/C19H19N3O2/c23-17-8-3-1-6-15(17)19(16-7-2-4-9-18(16)24)21-10-5-12-22-13-11-20-14-22/h1-4,6-9,11,13-14,23-24H,5,10,12H2. The third kappa shape index (κ3) is 3.63. The zero-order valence-corrected chi connectivity index (χ0v) is 13.2. The first kappa shape index (κ1) is 15.8. The first-order valence-electron chi connectivity index (χ1n) is 7.82. The van der Waals surface area contributed by atoms with E-state index in [2.05, 4.69) is 9.98 Å². The molecule has 5 nitrogen and oxygen atoms in total. The molecule has 2 aromatic carbocycles. The Kier molecular flexibility index (Phi) is 4.91. The summed E-state index contributed by atoms with van der Waals surface area (Å²) in [5.74, 6) is 0.295. The monoisotopic (exact) mass is 321 g/mol. The zero-order chi connectivity index (χ0) is 16.8. The number of para-hydroxylation sites is 2. The van der Waals surface area contributed by atoms with Crippen molar-refractivity contribution in [3.05, 3.63) is 78.4 Å². The van der Waals surface area contributed by atoms with E-state index in [1.807, 2.05) is 22.9 Å². The van der Waals surface area contributed by atoms with Crippen molar-refractivity contribution in [3.8, 4) is 11.5 Å². The number of imidazole rings is 1. The third-order valence-electron chi connectivity index (χ3n) is 3.72. The molecule has 0 aliphatic heterocycles. The van der Waals surface area contributed by atoms with Crippen LogP contribution < -0.4 is 0 Å². The molecule has 0 bridgehead atoms. The number of hydrogen-bond donors (Lipinski definition) is 2. The molecule has 2 N–H and O–H groups in total. The highest BCUT2D eigenvalue weighted by molar-refractivity contribution is 6.15. The van der Waals surface area contributed by atoms with Crippen LogP contribution in [-0.4, -0.2) is 32.0 Å². The fourth-order valence-electron chi connectivity index (χ4n) is 2.53. The summed E-state index contributed by atoms with van der Waals surface area (Å²) in [4.78, 5) is 8.66. The van der Waals surface area contributed by atoms with E-state index in [1.54, 1.807) is 48.9 Å². The highest BCUT2D eigenvalue weighted by Crippen LogP contribution is 2.25. The molecule has 3 aromatic rings. The van der Waals surface area contributed by atoms with Gasteiger partial charge in [0.15, 0.2) is 0 Å². The summed E-state index contributed by atoms with van der Waals surface area (Å²) in [6.45, 7) is 1.40. The van der Waals surface area contributed by atoms with Crippen LogP contribution in [0.15, 0.2) is 72.2 Å². The molecule has 1 heterocycles. The molecule has 0 saturated carbocycles. The van der Waals surface area contributed by atoms with Crippen LogP contribution in [-0.2, 0) is 6.54 Å². The van der Waals surface area contributed by atoms with Crippen molar-refractivity contribution in [3.63, 3.8) is 0 Å². The molecule has 3 rings (SSSR count). The summed E-state index contributed by atoms with van der Waals surface area (Å²) in [7, 11) is 0. The van der Waals surface area contributed by atoms with E-state index in [9.17, 15) is 10.2 Å². The van der Waals surface area contributed by atoms with Crippen molar-refractivity contribution in [1.82, 2.24) is 9.55 Å². The molecule has 0 fully saturated rings. The van der Waals surface area contributed by atoms with Crippen molar-refractivity contribution in [2.45, 2.75) is 13.0 Å². The van der Waals surface area contributed by atoms with Gasteiger partial charge in [0.2, 0.25) is 0 Å². The molecule has 1 aromatic heterocycles. The molecule has 122 valence electrons. The van der Waals surface area contributed by atoms with Gasteiger partial charge in [-0.3, -0.25) is 4.99 Å². The lowest BCUT2D eigenvalue weighted by molar-refractivity contribution is 0.472. The van der Waals surface area contributed by atoms with Crippen LogP contribution in [0.3, 0.4) is 0 Å². The molecule has 0 amide bonds. The highest BCUT2D eigenvalue weighted by atomic mass is 16.3. The van der Waals surface area contributed by atoms with Gasteiger partial charge in [-0.25, -0.2) is 4.98 Å². The molecule has 0 radical (unpaired) electrons. The maximum absolute atomic E-state index is 10.2. The summed E-state index contributed by atoms with van der Waals surface area (Å²) < 4.78 is 2.00. The fraction of sp³-hybridized carbons (Fsp3) is 0.158. The normalized spacial score (nSPS) is 10.5. The Morgan fingerprint density at radius 3 is 2.12 bits per heavy atom. The predicted molar refractivity (Wildman–Crippen MR) is 93.6 cm³/mol. The molecule has 0 saturated heterocycles. The topological polar surface area (TPSA) is 70.6 Å². The average Bonchev–Trinajstić information content (AvgIpc) is 3.10. The van der Waals surface area contributed by atoms with Crippen LogP contribution in [0, 0.1) is 0 Å². The van der Waals surface area contributed by atoms with Crippen molar-refractivity contribution in [2.75, 3.05) is 6.54 Å². The zero-order valence-electron chi connectivity index (χ0n) is 13.2. The molecular formula is C19H19N3O2. The number of phenolic OH excluding ortho intramolecular Hbond substituents is 2. The van der Waals surface area contributed by atoms with Gasteiger partial charge in [-0.2, -0.15) is 0 Å². The quantitative estimate of drug-likeness (QED) is 0.541.